The van der Waals surface area contributed by atoms with Gasteiger partial charge in [0, 0.05) is 24.1 Å². The number of nitrogens with zero attached hydrogens (tertiary/aromatic N) is 2. The van der Waals surface area contributed by atoms with Crippen LogP contribution in [0.5, 0.6) is 0 Å². The van der Waals surface area contributed by atoms with Gasteiger partial charge in [0.15, 0.2) is 0 Å². The molecule has 0 aliphatic carbocycles. The molecular weight excluding hydrogens is 306 g/mol. The summed E-state index contributed by atoms with van der Waals surface area (Å²) in [6.45, 7) is 6.68. The quantitative estimate of drug-likeness (QED) is 0.924. The number of anilines is 1. The van der Waals surface area contributed by atoms with E-state index in [-0.39, 0.29) is 6.10 Å². The van der Waals surface area contributed by atoms with Crippen molar-refractivity contribution in [3.8, 4) is 6.07 Å². The highest BCUT2D eigenvalue weighted by atomic mass is 79.9. The van der Waals surface area contributed by atoms with Crippen LogP contribution in [0.25, 0.3) is 0 Å². The highest BCUT2D eigenvalue weighted by Crippen LogP contribution is 2.23. The molecule has 1 aromatic rings. The Hall–Kier alpha value is -1.09. The lowest BCUT2D eigenvalue weighted by molar-refractivity contribution is -0.0191. The highest BCUT2D eigenvalue weighted by Gasteiger charge is 2.19. The van der Waals surface area contributed by atoms with Crippen LogP contribution in [0.3, 0.4) is 0 Å². The van der Waals surface area contributed by atoms with Gasteiger partial charge in [0.25, 0.3) is 0 Å². The predicted molar refractivity (Wildman–Crippen MR) is 79.2 cm³/mol. The largest absolute Gasteiger partial charge is 0.381 e. The molecule has 1 unspecified atom stereocenters. The Morgan fingerprint density at radius 1 is 1.58 bits per heavy atom. The Labute approximate surface area is 122 Å². The number of ether oxygens (including phenoxy) is 1. The second-order valence-electron chi connectivity index (χ2n) is 4.54. The number of likely N-dealkylation sites (N-methyl/N-ethyl adjacent to an activating group) is 1. The van der Waals surface area contributed by atoms with Crippen molar-refractivity contribution < 1.29 is 4.74 Å². The Balaban J connectivity index is 1.96. The first-order valence-electron chi connectivity index (χ1n) is 6.51. The van der Waals surface area contributed by atoms with Crippen LogP contribution in [0.2, 0.25) is 0 Å². The third-order valence-electron chi connectivity index (χ3n) is 3.32. The smallest absolute Gasteiger partial charge is 0.103 e. The van der Waals surface area contributed by atoms with Gasteiger partial charge in [0.05, 0.1) is 24.0 Å². The van der Waals surface area contributed by atoms with Gasteiger partial charge < -0.3 is 10.1 Å². The van der Waals surface area contributed by atoms with Crippen LogP contribution in [0.4, 0.5) is 5.69 Å². The Kier molecular flexibility index (Phi) is 5.20. The van der Waals surface area contributed by atoms with E-state index in [2.05, 4.69) is 39.1 Å². The lowest BCUT2D eigenvalue weighted by atomic mass is 10.2. The fraction of sp³-hybridized carbons (Fsp3) is 0.500. The molecule has 0 amide bonds. The SMILES string of the molecule is CCN1CCOC(CNc2cccc(Br)c2C#N)C1. The maximum atomic E-state index is 9.16. The molecule has 1 aromatic carbocycles. The van der Waals surface area contributed by atoms with Crippen molar-refractivity contribution in [1.29, 1.82) is 5.26 Å². The molecule has 1 N–H and O–H groups in total. The van der Waals surface area contributed by atoms with Crippen molar-refractivity contribution in [2.45, 2.75) is 13.0 Å². The Morgan fingerprint density at radius 2 is 2.42 bits per heavy atom. The molecule has 0 spiro atoms. The third kappa shape index (κ3) is 3.69. The van der Waals surface area contributed by atoms with Crippen molar-refractivity contribution >= 4 is 21.6 Å². The van der Waals surface area contributed by atoms with Gasteiger partial charge >= 0.3 is 0 Å². The number of halogens is 1. The predicted octanol–water partition coefficient (Wildman–Crippen LogP) is 2.45. The van der Waals surface area contributed by atoms with Gasteiger partial charge in [-0.05, 0) is 34.6 Å². The molecule has 1 aliphatic rings. The van der Waals surface area contributed by atoms with Crippen molar-refractivity contribution in [3.63, 3.8) is 0 Å². The van der Waals surface area contributed by atoms with Gasteiger partial charge in [-0.2, -0.15) is 5.26 Å². The van der Waals surface area contributed by atoms with Crippen molar-refractivity contribution in [3.05, 3.63) is 28.2 Å². The molecule has 2 rings (SSSR count). The van der Waals surface area contributed by atoms with Crippen molar-refractivity contribution in [2.75, 3.05) is 38.1 Å². The molecular formula is C14H18BrN3O. The summed E-state index contributed by atoms with van der Waals surface area (Å²) in [5, 5.41) is 12.5. The molecule has 1 fully saturated rings. The lowest BCUT2D eigenvalue weighted by Gasteiger charge is -2.32. The first-order valence-corrected chi connectivity index (χ1v) is 7.30. The molecule has 0 bridgehead atoms. The summed E-state index contributed by atoms with van der Waals surface area (Å²) >= 11 is 3.39. The summed E-state index contributed by atoms with van der Waals surface area (Å²) in [4.78, 5) is 2.38. The van der Waals surface area contributed by atoms with Crippen LogP contribution in [0.15, 0.2) is 22.7 Å². The molecule has 0 radical (unpaired) electrons. The molecule has 1 atom stereocenters. The van der Waals surface area contributed by atoms with Crippen LogP contribution in [-0.2, 0) is 4.74 Å². The molecule has 102 valence electrons. The van der Waals surface area contributed by atoms with Crippen molar-refractivity contribution in [1.82, 2.24) is 4.90 Å². The van der Waals surface area contributed by atoms with E-state index in [1.807, 2.05) is 18.2 Å². The van der Waals surface area contributed by atoms with Gasteiger partial charge in [-0.15, -0.1) is 0 Å². The summed E-state index contributed by atoms with van der Waals surface area (Å²) < 4.78 is 6.56. The number of nitrogens with one attached hydrogen (secondary N) is 1. The topological polar surface area (TPSA) is 48.3 Å². The summed E-state index contributed by atoms with van der Waals surface area (Å²) in [7, 11) is 0. The molecule has 0 aromatic heterocycles. The van der Waals surface area contributed by atoms with E-state index in [1.165, 1.54) is 0 Å². The maximum absolute atomic E-state index is 9.16. The fourth-order valence-corrected chi connectivity index (χ4v) is 2.65. The minimum Gasteiger partial charge on any atom is -0.381 e. The first-order chi connectivity index (χ1) is 9.24. The average Bonchev–Trinajstić information content (AvgIpc) is 2.45. The Morgan fingerprint density at radius 3 is 3.16 bits per heavy atom. The van der Waals surface area contributed by atoms with Crippen LogP contribution < -0.4 is 5.32 Å². The number of morpholine rings is 1. The number of benzene rings is 1. The minimum atomic E-state index is 0.180. The van der Waals surface area contributed by atoms with Crippen LogP contribution in [0, 0.1) is 11.3 Å². The zero-order valence-corrected chi connectivity index (χ0v) is 12.6. The standard InChI is InChI=1S/C14H18BrN3O/c1-2-18-6-7-19-11(10-18)9-17-14-5-3-4-13(15)12(14)8-16/h3-5,11,17H,2,6-7,9-10H2,1H3. The van der Waals surface area contributed by atoms with E-state index in [0.29, 0.717) is 5.56 Å². The van der Waals surface area contributed by atoms with Crippen LogP contribution in [0.1, 0.15) is 12.5 Å². The molecule has 1 aliphatic heterocycles. The van der Waals surface area contributed by atoms with E-state index in [4.69, 9.17) is 10.00 Å². The van der Waals surface area contributed by atoms with E-state index >= 15 is 0 Å². The van der Waals surface area contributed by atoms with Crippen LogP contribution >= 0.6 is 15.9 Å². The third-order valence-corrected chi connectivity index (χ3v) is 3.98. The van der Waals surface area contributed by atoms with E-state index in [0.717, 1.165) is 42.9 Å². The molecule has 0 saturated carbocycles. The van der Waals surface area contributed by atoms with Gasteiger partial charge in [-0.25, -0.2) is 0 Å². The zero-order chi connectivity index (χ0) is 13.7. The van der Waals surface area contributed by atoms with E-state index in [9.17, 15) is 0 Å². The van der Waals surface area contributed by atoms with Gasteiger partial charge in [-0.3, -0.25) is 4.90 Å². The van der Waals surface area contributed by atoms with E-state index < -0.39 is 0 Å². The monoisotopic (exact) mass is 323 g/mol. The molecule has 19 heavy (non-hydrogen) atoms. The fourth-order valence-electron chi connectivity index (χ4n) is 2.20. The van der Waals surface area contributed by atoms with Gasteiger partial charge in [0.2, 0.25) is 0 Å². The lowest BCUT2D eigenvalue weighted by Crippen LogP contribution is -2.45. The zero-order valence-electron chi connectivity index (χ0n) is 11.0. The van der Waals surface area contributed by atoms with E-state index in [1.54, 1.807) is 0 Å². The molecule has 1 saturated heterocycles. The molecule has 1 heterocycles. The van der Waals surface area contributed by atoms with Crippen LogP contribution in [-0.4, -0.2) is 43.8 Å². The van der Waals surface area contributed by atoms with Gasteiger partial charge in [0.1, 0.15) is 6.07 Å². The second-order valence-corrected chi connectivity index (χ2v) is 5.40. The maximum Gasteiger partial charge on any atom is 0.103 e. The number of nitriles is 1. The first kappa shape index (κ1) is 14.3. The second kappa shape index (κ2) is 6.90. The number of rotatable bonds is 4. The van der Waals surface area contributed by atoms with Crippen molar-refractivity contribution in [2.24, 2.45) is 0 Å². The molecule has 5 heteroatoms. The minimum absolute atomic E-state index is 0.180. The number of hydrogen-bond donors (Lipinski definition) is 1. The van der Waals surface area contributed by atoms with Gasteiger partial charge in [-0.1, -0.05) is 13.0 Å². The summed E-state index contributed by atoms with van der Waals surface area (Å²) in [6.07, 6.45) is 0.180. The normalized spacial score (nSPS) is 19.9. The highest BCUT2D eigenvalue weighted by molar-refractivity contribution is 9.10. The average molecular weight is 324 g/mol. The molecule has 4 nitrogen and oxygen atoms in total. The summed E-state index contributed by atoms with van der Waals surface area (Å²) in [6, 6.07) is 7.93. The summed E-state index contributed by atoms with van der Waals surface area (Å²) in [5.41, 5.74) is 1.50. The summed E-state index contributed by atoms with van der Waals surface area (Å²) in [5.74, 6) is 0. The Bertz CT molecular complexity index is 472. The number of hydrogen-bond acceptors (Lipinski definition) is 4.